The summed E-state index contributed by atoms with van der Waals surface area (Å²) in [5, 5.41) is 9.20. The van der Waals surface area contributed by atoms with Gasteiger partial charge in [0.15, 0.2) is 0 Å². The molecule has 0 saturated heterocycles. The third kappa shape index (κ3) is 3.82. The number of hydrogen-bond donors (Lipinski definition) is 2. The molecule has 0 aliphatic carbocycles. The van der Waals surface area contributed by atoms with E-state index in [-0.39, 0.29) is 11.4 Å². The second-order valence-corrected chi connectivity index (χ2v) is 6.30. The van der Waals surface area contributed by atoms with E-state index in [1.54, 1.807) is 17.0 Å². The molecular weight excluding hydrogens is 268 g/mol. The minimum absolute atomic E-state index is 0.0832. The van der Waals surface area contributed by atoms with Gasteiger partial charge >= 0.3 is 5.97 Å². The van der Waals surface area contributed by atoms with Crippen molar-refractivity contribution in [3.8, 4) is 0 Å². The lowest BCUT2D eigenvalue weighted by Crippen LogP contribution is -2.39. The molecular formula is C16H22N2O3. The molecule has 21 heavy (non-hydrogen) atoms. The number of hydrogen-bond acceptors (Lipinski definition) is 3. The van der Waals surface area contributed by atoms with Crippen LogP contribution >= 0.6 is 0 Å². The van der Waals surface area contributed by atoms with Crippen molar-refractivity contribution in [3.63, 3.8) is 0 Å². The van der Waals surface area contributed by atoms with Crippen LogP contribution in [0.15, 0.2) is 18.2 Å². The van der Waals surface area contributed by atoms with Crippen molar-refractivity contribution in [2.75, 3.05) is 6.54 Å². The van der Waals surface area contributed by atoms with Crippen LogP contribution in [0.4, 0.5) is 0 Å². The van der Waals surface area contributed by atoms with E-state index in [1.165, 1.54) is 0 Å². The lowest BCUT2D eigenvalue weighted by atomic mass is 9.93. The number of nitrogens with two attached hydrogens (primary N) is 1. The Bertz CT molecular complexity index is 561. The summed E-state index contributed by atoms with van der Waals surface area (Å²) < 4.78 is 0. The number of carboxylic acid groups (broad SMARTS) is 1. The zero-order valence-electron chi connectivity index (χ0n) is 12.6. The summed E-state index contributed by atoms with van der Waals surface area (Å²) in [7, 11) is 0. The Balaban J connectivity index is 2.08. The summed E-state index contributed by atoms with van der Waals surface area (Å²) in [6, 6.07) is 5.25. The quantitative estimate of drug-likeness (QED) is 0.885. The lowest BCUT2D eigenvalue weighted by molar-refractivity contribution is -0.132. The van der Waals surface area contributed by atoms with Crippen molar-refractivity contribution in [1.82, 2.24) is 4.90 Å². The highest BCUT2D eigenvalue weighted by Gasteiger charge is 2.24. The Hall–Kier alpha value is -1.88. The second-order valence-electron chi connectivity index (χ2n) is 6.30. The number of rotatable bonds is 4. The smallest absolute Gasteiger partial charge is 0.335 e. The Morgan fingerprint density at radius 1 is 1.38 bits per heavy atom. The Morgan fingerprint density at radius 3 is 2.71 bits per heavy atom. The highest BCUT2D eigenvalue weighted by atomic mass is 16.4. The third-order valence-electron chi connectivity index (χ3n) is 3.83. The molecule has 1 aromatic rings. The van der Waals surface area contributed by atoms with E-state index in [0.29, 0.717) is 37.9 Å². The molecule has 0 fully saturated rings. The zero-order valence-corrected chi connectivity index (χ0v) is 12.6. The number of carbonyl (C=O) groups excluding carboxylic acids is 1. The maximum absolute atomic E-state index is 12.2. The maximum atomic E-state index is 12.2. The summed E-state index contributed by atoms with van der Waals surface area (Å²) in [5.74, 6) is -0.823. The predicted octanol–water partition coefficient (Wildman–Crippen LogP) is 1.79. The van der Waals surface area contributed by atoms with Crippen LogP contribution in [0, 0.1) is 0 Å². The molecule has 0 atom stereocenters. The van der Waals surface area contributed by atoms with Crippen molar-refractivity contribution in [2.24, 2.45) is 5.73 Å². The van der Waals surface area contributed by atoms with Crippen LogP contribution < -0.4 is 5.73 Å². The van der Waals surface area contributed by atoms with Gasteiger partial charge in [-0.1, -0.05) is 12.1 Å². The molecule has 114 valence electrons. The van der Waals surface area contributed by atoms with Crippen LogP contribution in [-0.4, -0.2) is 34.0 Å². The minimum Gasteiger partial charge on any atom is -0.478 e. The molecule has 0 spiro atoms. The number of aromatic carboxylic acids is 1. The highest BCUT2D eigenvalue weighted by Crippen LogP contribution is 2.23. The first-order valence-corrected chi connectivity index (χ1v) is 7.18. The van der Waals surface area contributed by atoms with Crippen LogP contribution in [0.3, 0.4) is 0 Å². The van der Waals surface area contributed by atoms with Crippen molar-refractivity contribution in [3.05, 3.63) is 34.9 Å². The first kappa shape index (κ1) is 15.5. The van der Waals surface area contributed by atoms with Gasteiger partial charge in [0.05, 0.1) is 5.56 Å². The first-order valence-electron chi connectivity index (χ1n) is 7.18. The number of fused-ring (bicyclic) bond motifs is 1. The largest absolute Gasteiger partial charge is 0.478 e. The van der Waals surface area contributed by atoms with Crippen LogP contribution in [-0.2, 0) is 17.8 Å². The van der Waals surface area contributed by atoms with E-state index < -0.39 is 5.97 Å². The molecule has 2 rings (SSSR count). The van der Waals surface area contributed by atoms with E-state index >= 15 is 0 Å². The van der Waals surface area contributed by atoms with Gasteiger partial charge in [-0.2, -0.15) is 0 Å². The number of benzene rings is 1. The van der Waals surface area contributed by atoms with E-state index in [0.717, 1.165) is 11.1 Å². The van der Waals surface area contributed by atoms with Gasteiger partial charge in [-0.25, -0.2) is 4.79 Å². The summed E-state index contributed by atoms with van der Waals surface area (Å²) in [6.07, 6.45) is 1.66. The van der Waals surface area contributed by atoms with Gasteiger partial charge in [-0.05, 0) is 43.9 Å². The van der Waals surface area contributed by atoms with Crippen molar-refractivity contribution >= 4 is 11.9 Å². The molecule has 1 amide bonds. The van der Waals surface area contributed by atoms with Crippen LogP contribution in [0.2, 0.25) is 0 Å². The van der Waals surface area contributed by atoms with Crippen LogP contribution in [0.5, 0.6) is 0 Å². The molecule has 1 aromatic carbocycles. The zero-order chi connectivity index (χ0) is 15.6. The standard InChI is InChI=1S/C16H22N2O3/c1-16(2,17)8-6-14(19)18-9-7-12-11(10-18)4-3-5-13(12)15(20)21/h3-5H,6-10,17H2,1-2H3,(H,20,21). The fraction of sp³-hybridized carbons (Fsp3) is 0.500. The molecule has 0 radical (unpaired) electrons. The van der Waals surface area contributed by atoms with E-state index in [9.17, 15) is 14.7 Å². The Kier molecular flexibility index (Phi) is 4.32. The number of amides is 1. The van der Waals surface area contributed by atoms with E-state index in [4.69, 9.17) is 5.73 Å². The molecule has 0 bridgehead atoms. The van der Waals surface area contributed by atoms with E-state index in [2.05, 4.69) is 0 Å². The average molecular weight is 290 g/mol. The lowest BCUT2D eigenvalue weighted by Gasteiger charge is -2.30. The fourth-order valence-corrected chi connectivity index (χ4v) is 2.61. The Morgan fingerprint density at radius 2 is 2.10 bits per heavy atom. The minimum atomic E-state index is -0.906. The molecule has 1 heterocycles. The highest BCUT2D eigenvalue weighted by molar-refractivity contribution is 5.90. The van der Waals surface area contributed by atoms with Gasteiger partial charge in [0.25, 0.3) is 0 Å². The molecule has 1 aliphatic rings. The molecule has 0 aromatic heterocycles. The van der Waals surface area contributed by atoms with Gasteiger partial charge in [0, 0.05) is 25.0 Å². The van der Waals surface area contributed by atoms with Gasteiger partial charge in [-0.15, -0.1) is 0 Å². The molecule has 5 nitrogen and oxygen atoms in total. The molecule has 0 unspecified atom stereocenters. The van der Waals surface area contributed by atoms with Crippen LogP contribution in [0.1, 0.15) is 48.2 Å². The third-order valence-corrected chi connectivity index (χ3v) is 3.83. The SMILES string of the molecule is CC(C)(N)CCC(=O)N1CCc2c(cccc2C(=O)O)C1. The molecule has 3 N–H and O–H groups in total. The summed E-state index contributed by atoms with van der Waals surface area (Å²) in [4.78, 5) is 25.2. The molecule has 0 saturated carbocycles. The van der Waals surface area contributed by atoms with Crippen molar-refractivity contribution < 1.29 is 14.7 Å². The maximum Gasteiger partial charge on any atom is 0.335 e. The topological polar surface area (TPSA) is 83.6 Å². The number of nitrogens with zero attached hydrogens (tertiary/aromatic N) is 1. The number of carboxylic acids is 1. The molecule has 5 heteroatoms. The van der Waals surface area contributed by atoms with Crippen LogP contribution in [0.25, 0.3) is 0 Å². The van der Waals surface area contributed by atoms with Gasteiger partial charge in [-0.3, -0.25) is 4.79 Å². The summed E-state index contributed by atoms with van der Waals surface area (Å²) >= 11 is 0. The van der Waals surface area contributed by atoms with Gasteiger partial charge in [0.2, 0.25) is 5.91 Å². The monoisotopic (exact) mass is 290 g/mol. The van der Waals surface area contributed by atoms with Crippen molar-refractivity contribution in [2.45, 2.75) is 45.2 Å². The average Bonchev–Trinajstić information content (AvgIpc) is 2.42. The normalized spacial score (nSPS) is 14.7. The molecule has 1 aliphatic heterocycles. The summed E-state index contributed by atoms with van der Waals surface area (Å²) in [6.45, 7) is 4.87. The Labute approximate surface area is 124 Å². The first-order chi connectivity index (χ1) is 9.78. The van der Waals surface area contributed by atoms with Gasteiger partial charge < -0.3 is 15.7 Å². The fourth-order valence-electron chi connectivity index (χ4n) is 2.61. The van der Waals surface area contributed by atoms with Gasteiger partial charge in [0.1, 0.15) is 0 Å². The van der Waals surface area contributed by atoms with Crippen molar-refractivity contribution in [1.29, 1.82) is 0 Å². The predicted molar refractivity (Wildman–Crippen MR) is 80.0 cm³/mol. The summed E-state index contributed by atoms with van der Waals surface area (Å²) in [5.41, 5.74) is 7.70. The second kappa shape index (κ2) is 5.85. The number of carbonyl (C=O) groups is 2. The van der Waals surface area contributed by atoms with E-state index in [1.807, 2.05) is 19.9 Å².